The first-order valence-electron chi connectivity index (χ1n) is 17.3. The number of aliphatic hydroxyl groups is 1. The minimum absolute atomic E-state index is 0.00341. The number of pyridine rings is 1. The van der Waals surface area contributed by atoms with Crippen LogP contribution in [0.25, 0.3) is 22.0 Å². The summed E-state index contributed by atoms with van der Waals surface area (Å²) in [6, 6.07) is 7.32. The van der Waals surface area contributed by atoms with Crippen molar-refractivity contribution in [3.63, 3.8) is 0 Å². The Hall–Kier alpha value is -5.16. The van der Waals surface area contributed by atoms with Crippen molar-refractivity contribution < 1.29 is 44.7 Å². The molecule has 3 aromatic heterocycles. The summed E-state index contributed by atoms with van der Waals surface area (Å²) in [6.45, 7) is 1.93. The van der Waals surface area contributed by atoms with Crippen LogP contribution in [0.3, 0.4) is 0 Å². The van der Waals surface area contributed by atoms with Crippen LogP contribution in [-0.2, 0) is 40.9 Å². The van der Waals surface area contributed by atoms with E-state index in [0.717, 1.165) is 12.1 Å². The quantitative estimate of drug-likeness (QED) is 0.0968. The molecule has 1 amide bonds. The minimum Gasteiger partial charge on any atom is -0.378 e. The summed E-state index contributed by atoms with van der Waals surface area (Å²) in [5.74, 6) is -3.27. The number of nitrogens with one attached hydrogen (secondary N) is 2. The standard InChI is InChI=1S/C37H33ClF6N8O4S/c1-36(2,54)11-10-20-4-5-21(22-7-9-25(38)29-32(22)51(3)49-35(29)50-57(45,55)56)30(46-20)26(14-17-12-18(39)15-19(40)13-17)47-27(53)16-52-33-28(31(48-52)34(41)42)23-6-8-24(23)37(33,43)44/h4-5,7,9,12-13,15,23-24,26,34,54H,6,8,14,16H2,1-3H3,(H,47,53)(H,49,50)(H2,45,55,56)/t23-,24+,26-/m0/s1. The van der Waals surface area contributed by atoms with Crippen LogP contribution < -0.4 is 15.2 Å². The number of nitrogens with zero attached hydrogens (tertiary/aromatic N) is 5. The number of rotatable bonds is 10. The van der Waals surface area contributed by atoms with Crippen LogP contribution in [0.5, 0.6) is 0 Å². The predicted molar refractivity (Wildman–Crippen MR) is 196 cm³/mol. The summed E-state index contributed by atoms with van der Waals surface area (Å²) in [4.78, 5) is 18.7. The fraction of sp³-hybridized carbons (Fsp3) is 0.351. The second kappa shape index (κ2) is 14.3. The van der Waals surface area contributed by atoms with Crippen LogP contribution in [0.1, 0.15) is 79.0 Å². The number of amides is 1. The predicted octanol–water partition coefficient (Wildman–Crippen LogP) is 6.14. The molecule has 20 heteroatoms. The fourth-order valence-electron chi connectivity index (χ4n) is 7.56. The second-order valence-electron chi connectivity index (χ2n) is 14.5. The van der Waals surface area contributed by atoms with E-state index < -0.39 is 81.5 Å². The molecule has 0 spiro atoms. The van der Waals surface area contributed by atoms with E-state index in [-0.39, 0.29) is 69.1 Å². The van der Waals surface area contributed by atoms with Gasteiger partial charge >= 0.3 is 0 Å². The Morgan fingerprint density at radius 2 is 1.77 bits per heavy atom. The Kier molecular flexibility index (Phi) is 10.1. The second-order valence-corrected chi connectivity index (χ2v) is 16.2. The minimum atomic E-state index is -4.33. The number of aryl methyl sites for hydroxylation is 1. The van der Waals surface area contributed by atoms with Gasteiger partial charge in [0.05, 0.1) is 27.7 Å². The zero-order valence-corrected chi connectivity index (χ0v) is 31.8. The van der Waals surface area contributed by atoms with Gasteiger partial charge in [0.25, 0.3) is 22.6 Å². The van der Waals surface area contributed by atoms with Gasteiger partial charge in [0.15, 0.2) is 5.82 Å². The summed E-state index contributed by atoms with van der Waals surface area (Å²) in [7, 11) is -2.84. The summed E-state index contributed by atoms with van der Waals surface area (Å²) in [5, 5.41) is 26.4. The van der Waals surface area contributed by atoms with E-state index in [1.807, 2.05) is 0 Å². The number of nitrogens with two attached hydrogens (primary N) is 1. The van der Waals surface area contributed by atoms with Gasteiger partial charge in [0, 0.05) is 35.7 Å². The molecule has 3 atom stereocenters. The first kappa shape index (κ1) is 40.1. The van der Waals surface area contributed by atoms with E-state index in [1.54, 1.807) is 6.07 Å². The molecule has 0 unspecified atom stereocenters. The number of carbonyl (C=O) groups is 1. The maximum absolute atomic E-state index is 15.6. The van der Waals surface area contributed by atoms with E-state index >= 15 is 8.78 Å². The Morgan fingerprint density at radius 1 is 1.09 bits per heavy atom. The summed E-state index contributed by atoms with van der Waals surface area (Å²) in [6.07, 6.45) is -3.16. The molecule has 2 aliphatic carbocycles. The van der Waals surface area contributed by atoms with Gasteiger partial charge in [-0.2, -0.15) is 27.4 Å². The third-order valence-electron chi connectivity index (χ3n) is 9.86. The highest BCUT2D eigenvalue weighted by molar-refractivity contribution is 7.90. The molecular weight excluding hydrogens is 802 g/mol. The van der Waals surface area contributed by atoms with Crippen molar-refractivity contribution in [3.05, 3.63) is 93.0 Å². The van der Waals surface area contributed by atoms with Gasteiger partial charge in [-0.3, -0.25) is 18.9 Å². The zero-order valence-electron chi connectivity index (χ0n) is 30.2. The third kappa shape index (κ3) is 7.78. The molecule has 7 rings (SSSR count). The molecule has 3 heterocycles. The van der Waals surface area contributed by atoms with Gasteiger partial charge in [-0.25, -0.2) is 27.7 Å². The first-order chi connectivity index (χ1) is 26.6. The summed E-state index contributed by atoms with van der Waals surface area (Å²) < 4.78 is 117. The van der Waals surface area contributed by atoms with Gasteiger partial charge < -0.3 is 10.4 Å². The number of aromatic nitrogens is 5. The van der Waals surface area contributed by atoms with E-state index in [0.29, 0.717) is 16.3 Å². The van der Waals surface area contributed by atoms with E-state index in [1.165, 1.54) is 43.8 Å². The van der Waals surface area contributed by atoms with E-state index in [4.69, 9.17) is 21.7 Å². The van der Waals surface area contributed by atoms with Crippen molar-refractivity contribution in [1.29, 1.82) is 0 Å². The average Bonchev–Trinajstić information content (AvgIpc) is 3.63. The molecule has 1 fully saturated rings. The molecule has 1 saturated carbocycles. The van der Waals surface area contributed by atoms with Gasteiger partial charge in [0.2, 0.25) is 5.91 Å². The molecule has 5 N–H and O–H groups in total. The van der Waals surface area contributed by atoms with Crippen molar-refractivity contribution in [2.75, 3.05) is 4.72 Å². The molecule has 2 aromatic carbocycles. The number of alkyl halides is 4. The maximum Gasteiger partial charge on any atom is 0.297 e. The number of anilines is 1. The third-order valence-corrected chi connectivity index (χ3v) is 10.7. The highest BCUT2D eigenvalue weighted by Gasteiger charge is 2.62. The average molecular weight is 835 g/mol. The lowest BCUT2D eigenvalue weighted by atomic mass is 9.73. The normalized spacial score (nSPS) is 17.8. The van der Waals surface area contributed by atoms with Crippen molar-refractivity contribution in [1.82, 2.24) is 29.9 Å². The topological polar surface area (TPSA) is 170 Å². The zero-order chi connectivity index (χ0) is 41.4. The van der Waals surface area contributed by atoms with Crippen LogP contribution in [0.4, 0.5) is 32.2 Å². The molecule has 2 aliphatic rings. The number of hydrogen-bond acceptors (Lipinski definition) is 7. The summed E-state index contributed by atoms with van der Waals surface area (Å²) >= 11 is 6.54. The number of carbonyl (C=O) groups excluding carboxylic acids is 1. The molecule has 0 saturated heterocycles. The van der Waals surface area contributed by atoms with Crippen LogP contribution in [0, 0.1) is 29.4 Å². The Bertz CT molecular complexity index is 2610. The highest BCUT2D eigenvalue weighted by Crippen LogP contribution is 2.63. The number of halogens is 7. The van der Waals surface area contributed by atoms with Gasteiger partial charge in [-0.05, 0) is 80.8 Å². The molecule has 12 nitrogen and oxygen atoms in total. The van der Waals surface area contributed by atoms with Gasteiger partial charge in [-0.15, -0.1) is 0 Å². The molecular formula is C37H33ClF6N8O4S. The lowest BCUT2D eigenvalue weighted by Crippen LogP contribution is -2.36. The van der Waals surface area contributed by atoms with Crippen molar-refractivity contribution >= 4 is 44.4 Å². The van der Waals surface area contributed by atoms with E-state index in [9.17, 15) is 35.9 Å². The lowest BCUT2D eigenvalue weighted by molar-refractivity contribution is -0.123. The van der Waals surface area contributed by atoms with E-state index in [2.05, 4.69) is 32.1 Å². The van der Waals surface area contributed by atoms with Crippen LogP contribution in [-0.4, -0.2) is 49.6 Å². The molecule has 0 bridgehead atoms. The number of benzene rings is 2. The Labute approximate surface area is 326 Å². The molecule has 300 valence electrons. The van der Waals surface area contributed by atoms with Crippen molar-refractivity contribution in [2.24, 2.45) is 18.1 Å². The lowest BCUT2D eigenvalue weighted by Gasteiger charge is -2.34. The Balaban J connectivity index is 1.39. The number of hydrogen-bond donors (Lipinski definition) is 4. The SMILES string of the molecule is Cn1nc(NS(N)(=O)=O)c2c(Cl)ccc(-c3ccc(C#CC(C)(C)O)nc3[C@H](Cc3cc(F)cc(F)c3)NC(=O)Cn3nc(C(F)F)c4c3C(F)(F)[C@@H]3CC[C@H]43)c21. The number of fused-ring (bicyclic) bond motifs is 4. The molecule has 0 radical (unpaired) electrons. The van der Waals surface area contributed by atoms with Crippen molar-refractivity contribution in [2.45, 2.75) is 69.6 Å². The maximum atomic E-state index is 15.6. The Morgan fingerprint density at radius 3 is 2.39 bits per heavy atom. The molecule has 0 aliphatic heterocycles. The fourth-order valence-corrected chi connectivity index (χ4v) is 8.21. The highest BCUT2D eigenvalue weighted by atomic mass is 35.5. The van der Waals surface area contributed by atoms with Gasteiger partial charge in [-0.1, -0.05) is 23.6 Å². The summed E-state index contributed by atoms with van der Waals surface area (Å²) in [5.41, 5.74) is -2.42. The first-order valence-corrected chi connectivity index (χ1v) is 19.3. The van der Waals surface area contributed by atoms with Crippen LogP contribution >= 0.6 is 11.6 Å². The molecule has 5 aromatic rings. The monoisotopic (exact) mass is 834 g/mol. The molecule has 57 heavy (non-hydrogen) atoms. The largest absolute Gasteiger partial charge is 0.378 e. The van der Waals surface area contributed by atoms with Crippen LogP contribution in [0.15, 0.2) is 42.5 Å². The van der Waals surface area contributed by atoms with Crippen LogP contribution in [0.2, 0.25) is 5.02 Å². The van der Waals surface area contributed by atoms with Crippen molar-refractivity contribution in [3.8, 4) is 23.0 Å². The van der Waals surface area contributed by atoms with Gasteiger partial charge in [0.1, 0.15) is 40.9 Å². The smallest absolute Gasteiger partial charge is 0.297 e.